The molecule has 7 heteroatoms. The second kappa shape index (κ2) is 10.5. The van der Waals surface area contributed by atoms with Crippen LogP contribution in [0.2, 0.25) is 5.02 Å². The molecule has 0 bridgehead atoms. The van der Waals surface area contributed by atoms with Crippen LogP contribution in [0.15, 0.2) is 48.5 Å². The fraction of sp³-hybridized carbons (Fsp3) is 0.391. The average Bonchev–Trinajstić information content (AvgIpc) is 3.28. The molecule has 1 saturated heterocycles. The molecule has 2 aromatic carbocycles. The highest BCUT2D eigenvalue weighted by molar-refractivity contribution is 6.35. The van der Waals surface area contributed by atoms with Gasteiger partial charge in [0, 0.05) is 37.9 Å². The van der Waals surface area contributed by atoms with Crippen molar-refractivity contribution in [3.8, 4) is 0 Å². The van der Waals surface area contributed by atoms with Crippen LogP contribution in [-0.4, -0.2) is 50.4 Å². The van der Waals surface area contributed by atoms with Gasteiger partial charge in [-0.2, -0.15) is 0 Å². The Bertz CT molecular complexity index is 847. The Labute approximate surface area is 183 Å². The first-order valence-electron chi connectivity index (χ1n) is 10.3. The van der Waals surface area contributed by atoms with Crippen molar-refractivity contribution in [3.63, 3.8) is 0 Å². The molecule has 6 nitrogen and oxygen atoms in total. The molecule has 2 N–H and O–H groups in total. The van der Waals surface area contributed by atoms with Gasteiger partial charge >= 0.3 is 11.8 Å². The minimum Gasteiger partial charge on any atom is -0.378 e. The number of benzene rings is 2. The molecule has 1 fully saturated rings. The van der Waals surface area contributed by atoms with E-state index in [1.165, 1.54) is 0 Å². The van der Waals surface area contributed by atoms with Gasteiger partial charge in [-0.3, -0.25) is 14.5 Å². The molecule has 1 aliphatic rings. The zero-order valence-corrected chi connectivity index (χ0v) is 18.3. The van der Waals surface area contributed by atoms with E-state index in [4.69, 9.17) is 11.6 Å². The van der Waals surface area contributed by atoms with Crippen molar-refractivity contribution in [1.29, 1.82) is 0 Å². The van der Waals surface area contributed by atoms with Gasteiger partial charge in [-0.25, -0.2) is 0 Å². The molecule has 1 aliphatic heterocycles. The molecule has 1 atom stereocenters. The third-order valence-electron chi connectivity index (χ3n) is 5.40. The average molecular weight is 429 g/mol. The number of halogens is 1. The Morgan fingerprint density at radius 2 is 1.57 bits per heavy atom. The quantitative estimate of drug-likeness (QED) is 0.665. The Balaban J connectivity index is 1.58. The fourth-order valence-corrected chi connectivity index (χ4v) is 3.77. The molecular formula is C23H29ClN4O2. The Morgan fingerprint density at radius 1 is 0.967 bits per heavy atom. The summed E-state index contributed by atoms with van der Waals surface area (Å²) in [7, 11) is 4.02. The number of hydrogen-bond donors (Lipinski definition) is 2. The lowest BCUT2D eigenvalue weighted by Crippen LogP contribution is -2.43. The maximum absolute atomic E-state index is 12.3. The number of amides is 2. The number of rotatable bonds is 7. The first-order valence-corrected chi connectivity index (χ1v) is 10.6. The normalized spacial score (nSPS) is 14.9. The van der Waals surface area contributed by atoms with Gasteiger partial charge in [0.2, 0.25) is 0 Å². The molecule has 1 unspecified atom stereocenters. The first kappa shape index (κ1) is 22.1. The van der Waals surface area contributed by atoms with E-state index in [0.29, 0.717) is 11.6 Å². The smallest absolute Gasteiger partial charge is 0.309 e. The topological polar surface area (TPSA) is 64.7 Å². The lowest BCUT2D eigenvalue weighted by Gasteiger charge is -2.28. The van der Waals surface area contributed by atoms with Crippen molar-refractivity contribution in [2.24, 2.45) is 0 Å². The van der Waals surface area contributed by atoms with E-state index in [0.717, 1.165) is 42.7 Å². The zero-order chi connectivity index (χ0) is 21.5. The zero-order valence-electron chi connectivity index (χ0n) is 17.5. The highest BCUT2D eigenvalue weighted by Gasteiger charge is 2.25. The van der Waals surface area contributed by atoms with Crippen LogP contribution in [0.1, 0.15) is 30.0 Å². The van der Waals surface area contributed by atoms with Gasteiger partial charge in [-0.15, -0.1) is 0 Å². The summed E-state index contributed by atoms with van der Waals surface area (Å²) < 4.78 is 0. The summed E-state index contributed by atoms with van der Waals surface area (Å²) in [6.45, 7) is 2.68. The third kappa shape index (κ3) is 5.97. The monoisotopic (exact) mass is 428 g/mol. The fourth-order valence-electron chi connectivity index (χ4n) is 3.64. The van der Waals surface area contributed by atoms with Crippen LogP contribution in [0, 0.1) is 0 Å². The van der Waals surface area contributed by atoms with E-state index in [9.17, 15) is 9.59 Å². The van der Waals surface area contributed by atoms with E-state index >= 15 is 0 Å². The molecule has 3 rings (SSSR count). The van der Waals surface area contributed by atoms with Crippen LogP contribution in [0.5, 0.6) is 0 Å². The number of nitrogens with zero attached hydrogens (tertiary/aromatic N) is 2. The number of carbonyl (C=O) groups excluding carboxylic acids is 2. The standard InChI is InChI=1S/C23H29ClN4O2/c1-27(2)20-11-7-18(8-12-20)21(28-13-3-4-14-28)16-26-23(30)22(29)25-15-17-5-9-19(24)10-6-17/h5-12,21H,3-4,13-16H2,1-2H3,(H,25,29)(H,26,30). The van der Waals surface area contributed by atoms with E-state index in [-0.39, 0.29) is 12.6 Å². The van der Waals surface area contributed by atoms with Gasteiger partial charge in [-0.1, -0.05) is 35.9 Å². The van der Waals surface area contributed by atoms with Gasteiger partial charge < -0.3 is 15.5 Å². The van der Waals surface area contributed by atoms with Crippen LogP contribution in [-0.2, 0) is 16.1 Å². The van der Waals surface area contributed by atoms with Gasteiger partial charge in [0.1, 0.15) is 0 Å². The van der Waals surface area contributed by atoms with E-state index < -0.39 is 11.8 Å². The first-order chi connectivity index (χ1) is 14.4. The number of nitrogens with one attached hydrogen (secondary N) is 2. The maximum Gasteiger partial charge on any atom is 0.309 e. The van der Waals surface area contributed by atoms with Gasteiger partial charge in [0.25, 0.3) is 0 Å². The largest absolute Gasteiger partial charge is 0.378 e. The minimum absolute atomic E-state index is 0.0525. The minimum atomic E-state index is -0.631. The summed E-state index contributed by atoms with van der Waals surface area (Å²) >= 11 is 5.87. The lowest BCUT2D eigenvalue weighted by atomic mass is 10.0. The van der Waals surface area contributed by atoms with Crippen molar-refractivity contribution in [3.05, 3.63) is 64.7 Å². The molecule has 0 aromatic heterocycles. The highest BCUT2D eigenvalue weighted by atomic mass is 35.5. The molecule has 2 aromatic rings. The second-order valence-electron chi connectivity index (χ2n) is 7.76. The van der Waals surface area contributed by atoms with Crippen molar-refractivity contribution in [2.75, 3.05) is 38.6 Å². The molecule has 0 aliphatic carbocycles. The maximum atomic E-state index is 12.3. The van der Waals surface area contributed by atoms with Crippen LogP contribution in [0.4, 0.5) is 5.69 Å². The molecule has 1 heterocycles. The van der Waals surface area contributed by atoms with E-state index in [1.54, 1.807) is 12.1 Å². The molecule has 2 amide bonds. The Hall–Kier alpha value is -2.57. The second-order valence-corrected chi connectivity index (χ2v) is 8.20. The predicted molar refractivity (Wildman–Crippen MR) is 121 cm³/mol. The summed E-state index contributed by atoms with van der Waals surface area (Å²) in [5.74, 6) is -1.24. The summed E-state index contributed by atoms with van der Waals surface area (Å²) in [5, 5.41) is 6.11. The number of carbonyl (C=O) groups is 2. The molecule has 0 radical (unpaired) electrons. The van der Waals surface area contributed by atoms with Crippen molar-refractivity contribution in [2.45, 2.75) is 25.4 Å². The number of hydrogen-bond acceptors (Lipinski definition) is 4. The summed E-state index contributed by atoms with van der Waals surface area (Å²) in [5.41, 5.74) is 3.16. The SMILES string of the molecule is CN(C)c1ccc(C(CNC(=O)C(=O)NCc2ccc(Cl)cc2)N2CCCC2)cc1. The van der Waals surface area contributed by atoms with Crippen molar-refractivity contribution < 1.29 is 9.59 Å². The third-order valence-corrected chi connectivity index (χ3v) is 5.66. The van der Waals surface area contributed by atoms with Crippen LogP contribution in [0.25, 0.3) is 0 Å². The lowest BCUT2D eigenvalue weighted by molar-refractivity contribution is -0.139. The van der Waals surface area contributed by atoms with Crippen molar-refractivity contribution >= 4 is 29.1 Å². The molecule has 0 saturated carbocycles. The summed E-state index contributed by atoms with van der Waals surface area (Å²) in [6.07, 6.45) is 2.31. The summed E-state index contributed by atoms with van der Waals surface area (Å²) in [6, 6.07) is 15.6. The number of likely N-dealkylation sites (tertiary alicyclic amines) is 1. The molecule has 0 spiro atoms. The van der Waals surface area contributed by atoms with Crippen molar-refractivity contribution in [1.82, 2.24) is 15.5 Å². The van der Waals surface area contributed by atoms with E-state index in [1.807, 2.05) is 26.2 Å². The number of anilines is 1. The molecule has 30 heavy (non-hydrogen) atoms. The Kier molecular flexibility index (Phi) is 7.71. The molecule has 160 valence electrons. The van der Waals surface area contributed by atoms with Gasteiger partial charge in [0.05, 0.1) is 6.04 Å². The van der Waals surface area contributed by atoms with Gasteiger partial charge in [-0.05, 0) is 61.3 Å². The summed E-state index contributed by atoms with van der Waals surface area (Å²) in [4.78, 5) is 29.0. The van der Waals surface area contributed by atoms with Gasteiger partial charge in [0.15, 0.2) is 0 Å². The van der Waals surface area contributed by atoms with Crippen LogP contribution in [0.3, 0.4) is 0 Å². The van der Waals surface area contributed by atoms with Crippen LogP contribution < -0.4 is 15.5 Å². The van der Waals surface area contributed by atoms with Crippen LogP contribution >= 0.6 is 11.6 Å². The van der Waals surface area contributed by atoms with E-state index in [2.05, 4.69) is 44.7 Å². The predicted octanol–water partition coefficient (Wildman–Crippen LogP) is 2.98. The highest BCUT2D eigenvalue weighted by Crippen LogP contribution is 2.26. The Morgan fingerprint density at radius 3 is 2.17 bits per heavy atom. The molecular weight excluding hydrogens is 400 g/mol.